The molecular weight excluding hydrogens is 504 g/mol. The highest BCUT2D eigenvalue weighted by atomic mass is 16.9. The molecule has 0 aromatic heterocycles. The number of carbonyl (C=O) groups is 2. The van der Waals surface area contributed by atoms with Gasteiger partial charge in [0.05, 0.1) is 26.9 Å². The van der Waals surface area contributed by atoms with Gasteiger partial charge in [-0.05, 0) is 61.9 Å². The van der Waals surface area contributed by atoms with Crippen LogP contribution in [0.5, 0.6) is 5.75 Å². The monoisotopic (exact) mass is 540 g/mol. The molecule has 0 radical (unpaired) electrons. The molecule has 1 atom stereocenters. The van der Waals surface area contributed by atoms with Gasteiger partial charge in [-0.1, -0.05) is 30.3 Å². The SMILES string of the molecule is COc1ccc(N2CCN(C(=O)OCCCCCO[N+](=O)[O-])C[C@@H]2C(=O)N(Cc2ccccc2)C2CC2)cc1. The third-order valence-electron chi connectivity index (χ3n) is 7.01. The quantitative estimate of drug-likeness (QED) is 0.214. The Morgan fingerprint density at radius 1 is 1.00 bits per heavy atom. The van der Waals surface area contributed by atoms with E-state index in [4.69, 9.17) is 9.47 Å². The summed E-state index contributed by atoms with van der Waals surface area (Å²) in [6.07, 6.45) is 3.23. The molecule has 1 aliphatic heterocycles. The predicted molar refractivity (Wildman–Crippen MR) is 144 cm³/mol. The number of hydrogen-bond donors (Lipinski definition) is 0. The number of benzene rings is 2. The van der Waals surface area contributed by atoms with Gasteiger partial charge in [0, 0.05) is 31.4 Å². The van der Waals surface area contributed by atoms with Crippen molar-refractivity contribution in [3.05, 3.63) is 70.3 Å². The molecule has 2 aromatic rings. The van der Waals surface area contributed by atoms with Crippen LogP contribution in [0.4, 0.5) is 10.5 Å². The van der Waals surface area contributed by atoms with Crippen LogP contribution in [-0.2, 0) is 20.9 Å². The van der Waals surface area contributed by atoms with Gasteiger partial charge in [0.2, 0.25) is 5.91 Å². The number of nitrogens with zero attached hydrogens (tertiary/aromatic N) is 4. The summed E-state index contributed by atoms with van der Waals surface area (Å²) in [6, 6.07) is 17.2. The van der Waals surface area contributed by atoms with Crippen molar-refractivity contribution in [3.63, 3.8) is 0 Å². The van der Waals surface area contributed by atoms with Crippen molar-refractivity contribution in [2.75, 3.05) is 44.9 Å². The highest BCUT2D eigenvalue weighted by Crippen LogP contribution is 2.32. The van der Waals surface area contributed by atoms with Crippen LogP contribution < -0.4 is 9.64 Å². The summed E-state index contributed by atoms with van der Waals surface area (Å²) < 4.78 is 10.8. The van der Waals surface area contributed by atoms with Crippen LogP contribution in [-0.4, -0.2) is 78.9 Å². The normalized spacial score (nSPS) is 16.9. The van der Waals surface area contributed by atoms with Crippen molar-refractivity contribution < 1.29 is 29.0 Å². The summed E-state index contributed by atoms with van der Waals surface area (Å²) in [6.45, 7) is 1.89. The van der Waals surface area contributed by atoms with Crippen molar-refractivity contribution in [2.45, 2.75) is 50.7 Å². The number of rotatable bonds is 13. The molecule has 2 amide bonds. The maximum absolute atomic E-state index is 14.1. The van der Waals surface area contributed by atoms with Gasteiger partial charge in [0.1, 0.15) is 11.8 Å². The summed E-state index contributed by atoms with van der Waals surface area (Å²) >= 11 is 0. The molecule has 0 spiro atoms. The van der Waals surface area contributed by atoms with E-state index in [1.807, 2.05) is 59.5 Å². The molecule has 0 bridgehead atoms. The molecule has 1 heterocycles. The topological polar surface area (TPSA) is 115 Å². The van der Waals surface area contributed by atoms with Crippen molar-refractivity contribution in [3.8, 4) is 5.75 Å². The van der Waals surface area contributed by atoms with E-state index in [9.17, 15) is 19.7 Å². The number of piperazine rings is 1. The molecule has 210 valence electrons. The zero-order chi connectivity index (χ0) is 27.6. The lowest BCUT2D eigenvalue weighted by Crippen LogP contribution is -2.61. The Labute approximate surface area is 228 Å². The Bertz CT molecular complexity index is 1090. The Hall–Kier alpha value is -4.02. The molecule has 2 fully saturated rings. The summed E-state index contributed by atoms with van der Waals surface area (Å²) in [7, 11) is 1.61. The molecule has 4 rings (SSSR count). The predicted octanol–water partition coefficient (Wildman–Crippen LogP) is 3.89. The van der Waals surface area contributed by atoms with Gasteiger partial charge in [-0.25, -0.2) is 4.79 Å². The van der Waals surface area contributed by atoms with E-state index in [0.717, 1.165) is 29.8 Å². The van der Waals surface area contributed by atoms with Crippen LogP contribution in [0.15, 0.2) is 54.6 Å². The smallest absolute Gasteiger partial charge is 0.409 e. The average Bonchev–Trinajstić information content (AvgIpc) is 3.80. The van der Waals surface area contributed by atoms with Crippen LogP contribution in [0.3, 0.4) is 0 Å². The van der Waals surface area contributed by atoms with Crippen LogP contribution in [0.1, 0.15) is 37.7 Å². The van der Waals surface area contributed by atoms with Gasteiger partial charge in [-0.2, -0.15) is 0 Å². The minimum Gasteiger partial charge on any atom is -0.497 e. The first-order chi connectivity index (χ1) is 19.0. The molecule has 11 heteroatoms. The van der Waals surface area contributed by atoms with Gasteiger partial charge in [-0.15, -0.1) is 10.1 Å². The van der Waals surface area contributed by atoms with Crippen molar-refractivity contribution in [1.29, 1.82) is 0 Å². The Morgan fingerprint density at radius 3 is 2.38 bits per heavy atom. The van der Waals surface area contributed by atoms with Crippen LogP contribution >= 0.6 is 0 Å². The number of amides is 2. The summed E-state index contributed by atoms with van der Waals surface area (Å²) in [4.78, 5) is 47.1. The summed E-state index contributed by atoms with van der Waals surface area (Å²) in [5, 5.41) is 9.40. The second-order valence-corrected chi connectivity index (χ2v) is 9.77. The molecule has 39 heavy (non-hydrogen) atoms. The van der Waals surface area contributed by atoms with Gasteiger partial charge in [0.25, 0.3) is 5.09 Å². The third-order valence-corrected chi connectivity index (χ3v) is 7.01. The molecular formula is C28H36N4O7. The van der Waals surface area contributed by atoms with Gasteiger partial charge in [-0.3, -0.25) is 4.79 Å². The Balaban J connectivity index is 1.42. The summed E-state index contributed by atoms with van der Waals surface area (Å²) in [5.41, 5.74) is 1.97. The lowest BCUT2D eigenvalue weighted by Gasteiger charge is -2.43. The van der Waals surface area contributed by atoms with Crippen molar-refractivity contribution in [2.24, 2.45) is 0 Å². The Kier molecular flexibility index (Phi) is 9.82. The molecule has 1 saturated heterocycles. The summed E-state index contributed by atoms with van der Waals surface area (Å²) in [5.74, 6) is 0.734. The van der Waals surface area contributed by atoms with E-state index >= 15 is 0 Å². The molecule has 0 N–H and O–H groups in total. The standard InChI is InChI=1S/C28H36N4O7/c1-37-25-14-12-23(13-15-25)30-17-16-29(28(34)38-18-6-3-7-19-39-32(35)36)21-26(30)27(33)31(24-10-11-24)20-22-8-4-2-5-9-22/h2,4-5,8-9,12-15,24,26H,3,6-7,10-11,16-21H2,1H3/t26-/m1/s1. The molecule has 2 aromatic carbocycles. The molecule has 11 nitrogen and oxygen atoms in total. The number of ether oxygens (including phenoxy) is 2. The van der Waals surface area contributed by atoms with Gasteiger partial charge < -0.3 is 29.0 Å². The number of unbranched alkanes of at least 4 members (excludes halogenated alkanes) is 2. The first kappa shape index (κ1) is 28.0. The molecule has 1 aliphatic carbocycles. The van der Waals surface area contributed by atoms with E-state index in [0.29, 0.717) is 38.9 Å². The van der Waals surface area contributed by atoms with Crippen molar-refractivity contribution >= 4 is 17.7 Å². The zero-order valence-corrected chi connectivity index (χ0v) is 22.3. The second kappa shape index (κ2) is 13.7. The molecule has 2 aliphatic rings. The lowest BCUT2D eigenvalue weighted by atomic mass is 10.1. The fourth-order valence-electron chi connectivity index (χ4n) is 4.76. The average molecular weight is 541 g/mol. The first-order valence-corrected chi connectivity index (χ1v) is 13.4. The van der Waals surface area contributed by atoms with E-state index in [-0.39, 0.29) is 31.7 Å². The van der Waals surface area contributed by atoms with E-state index in [1.165, 1.54) is 0 Å². The van der Waals surface area contributed by atoms with Gasteiger partial charge >= 0.3 is 6.09 Å². The minimum absolute atomic E-state index is 0.000427. The van der Waals surface area contributed by atoms with Gasteiger partial charge in [0.15, 0.2) is 0 Å². The zero-order valence-electron chi connectivity index (χ0n) is 22.3. The van der Waals surface area contributed by atoms with Crippen LogP contribution in [0, 0.1) is 10.1 Å². The highest BCUT2D eigenvalue weighted by Gasteiger charge is 2.41. The molecule has 0 unspecified atom stereocenters. The second-order valence-electron chi connectivity index (χ2n) is 9.77. The Morgan fingerprint density at radius 2 is 1.72 bits per heavy atom. The first-order valence-electron chi connectivity index (χ1n) is 13.4. The van der Waals surface area contributed by atoms with Crippen molar-refractivity contribution in [1.82, 2.24) is 9.80 Å². The number of hydrogen-bond acceptors (Lipinski definition) is 8. The lowest BCUT2D eigenvalue weighted by molar-refractivity contribution is -0.757. The van der Waals surface area contributed by atoms with E-state index in [2.05, 4.69) is 9.74 Å². The highest BCUT2D eigenvalue weighted by molar-refractivity contribution is 5.87. The van der Waals surface area contributed by atoms with E-state index < -0.39 is 17.2 Å². The van der Waals surface area contributed by atoms with E-state index in [1.54, 1.807) is 12.0 Å². The number of anilines is 1. The fraction of sp³-hybridized carbons (Fsp3) is 0.500. The number of carbonyl (C=O) groups excluding carboxylic acids is 2. The number of methoxy groups -OCH3 is 1. The maximum Gasteiger partial charge on any atom is 0.409 e. The third kappa shape index (κ3) is 7.98. The fourth-order valence-corrected chi connectivity index (χ4v) is 4.76. The van der Waals surface area contributed by atoms with Crippen LogP contribution in [0.25, 0.3) is 0 Å². The largest absolute Gasteiger partial charge is 0.497 e. The molecule has 1 saturated carbocycles. The maximum atomic E-state index is 14.1. The minimum atomic E-state index is -0.812. The van der Waals surface area contributed by atoms with Crippen LogP contribution in [0.2, 0.25) is 0 Å².